The van der Waals surface area contributed by atoms with Crippen LogP contribution in [0.15, 0.2) is 30.4 Å². The minimum Gasteiger partial charge on any atom is -0.353 e. The van der Waals surface area contributed by atoms with E-state index in [4.69, 9.17) is 0 Å². The van der Waals surface area contributed by atoms with Crippen LogP contribution in [-0.4, -0.2) is 53.8 Å². The summed E-state index contributed by atoms with van der Waals surface area (Å²) >= 11 is 0. The Hall–Kier alpha value is -2.28. The van der Waals surface area contributed by atoms with Gasteiger partial charge in [0.15, 0.2) is 11.6 Å². The zero-order valence-electron chi connectivity index (χ0n) is 13.2. The lowest BCUT2D eigenvalue weighted by Crippen LogP contribution is -2.56. The first-order valence-corrected chi connectivity index (χ1v) is 7.93. The minimum absolute atomic E-state index is 0.0805. The highest BCUT2D eigenvalue weighted by molar-refractivity contribution is 5.89. The average Bonchev–Trinajstić information content (AvgIpc) is 3.09. The van der Waals surface area contributed by atoms with E-state index in [0.717, 1.165) is 12.1 Å². The molecule has 0 spiro atoms. The van der Waals surface area contributed by atoms with Crippen LogP contribution in [0.5, 0.6) is 0 Å². The van der Waals surface area contributed by atoms with E-state index in [1.54, 1.807) is 4.90 Å². The second kappa shape index (κ2) is 7.09. The predicted octanol–water partition coefficient (Wildman–Crippen LogP) is 1.05. The molecular formula is C17H19F2N3O2. The molecule has 1 aromatic carbocycles. The molecule has 0 radical (unpaired) electrons. The molecule has 1 N–H and O–H groups in total. The van der Waals surface area contributed by atoms with Crippen molar-refractivity contribution >= 4 is 11.8 Å². The molecule has 2 aliphatic heterocycles. The molecule has 2 aliphatic rings. The molecule has 5 nitrogen and oxygen atoms in total. The first-order valence-electron chi connectivity index (χ1n) is 7.93. The molecule has 0 bridgehead atoms. The quantitative estimate of drug-likeness (QED) is 0.837. The highest BCUT2D eigenvalue weighted by atomic mass is 19.2. The van der Waals surface area contributed by atoms with E-state index in [2.05, 4.69) is 5.32 Å². The number of carbonyl (C=O) groups is 2. The number of rotatable bonds is 4. The molecule has 24 heavy (non-hydrogen) atoms. The van der Waals surface area contributed by atoms with Crippen LogP contribution < -0.4 is 5.32 Å². The van der Waals surface area contributed by atoms with Crippen LogP contribution in [0.3, 0.4) is 0 Å². The summed E-state index contributed by atoms with van der Waals surface area (Å²) in [5.74, 6) is -2.10. The summed E-state index contributed by atoms with van der Waals surface area (Å²) in [7, 11) is 0. The highest BCUT2D eigenvalue weighted by Gasteiger charge is 2.33. The van der Waals surface area contributed by atoms with Crippen molar-refractivity contribution in [3.63, 3.8) is 0 Å². The van der Waals surface area contributed by atoms with Gasteiger partial charge in [-0.25, -0.2) is 8.78 Å². The maximum atomic E-state index is 13.4. The van der Waals surface area contributed by atoms with Gasteiger partial charge in [0.2, 0.25) is 11.8 Å². The number of nitrogens with zero attached hydrogens (tertiary/aromatic N) is 2. The highest BCUT2D eigenvalue weighted by Crippen LogP contribution is 2.17. The van der Waals surface area contributed by atoms with E-state index in [9.17, 15) is 18.4 Å². The van der Waals surface area contributed by atoms with Crippen molar-refractivity contribution in [3.8, 4) is 0 Å². The minimum atomic E-state index is -0.912. The second-order valence-electron chi connectivity index (χ2n) is 6.00. The summed E-state index contributed by atoms with van der Waals surface area (Å²) in [6.07, 6.45) is 3.91. The van der Waals surface area contributed by atoms with Crippen molar-refractivity contribution in [1.29, 1.82) is 0 Å². The molecule has 3 rings (SSSR count). The Balaban J connectivity index is 1.70. The van der Waals surface area contributed by atoms with E-state index < -0.39 is 17.7 Å². The monoisotopic (exact) mass is 335 g/mol. The van der Waals surface area contributed by atoms with Gasteiger partial charge >= 0.3 is 0 Å². The first kappa shape index (κ1) is 16.6. The van der Waals surface area contributed by atoms with Crippen LogP contribution in [0.1, 0.15) is 12.0 Å². The summed E-state index contributed by atoms with van der Waals surface area (Å²) in [5.41, 5.74) is 0.573. The Bertz CT molecular complexity index is 670. The van der Waals surface area contributed by atoms with E-state index in [1.165, 1.54) is 6.07 Å². The Morgan fingerprint density at radius 3 is 2.67 bits per heavy atom. The van der Waals surface area contributed by atoms with Crippen LogP contribution in [0.4, 0.5) is 8.78 Å². The number of hydrogen-bond acceptors (Lipinski definition) is 3. The van der Waals surface area contributed by atoms with E-state index in [1.807, 2.05) is 17.1 Å². The maximum Gasteiger partial charge on any atom is 0.237 e. The average molecular weight is 335 g/mol. The van der Waals surface area contributed by atoms with Gasteiger partial charge in [-0.3, -0.25) is 14.5 Å². The lowest BCUT2D eigenvalue weighted by Gasteiger charge is -2.35. The maximum absolute atomic E-state index is 13.4. The molecule has 7 heteroatoms. The van der Waals surface area contributed by atoms with Crippen LogP contribution in [0.2, 0.25) is 0 Å². The van der Waals surface area contributed by atoms with Gasteiger partial charge in [0.1, 0.15) is 0 Å². The van der Waals surface area contributed by atoms with Crippen molar-refractivity contribution in [2.75, 3.05) is 26.2 Å². The zero-order valence-corrected chi connectivity index (χ0v) is 13.2. The van der Waals surface area contributed by atoms with Crippen molar-refractivity contribution in [3.05, 3.63) is 47.5 Å². The molecule has 2 heterocycles. The Kier molecular flexibility index (Phi) is 4.89. The standard InChI is InChI=1S/C17H19F2N3O2/c18-13-4-3-12(9-14(13)19)11-22-8-5-20-17(24)15(22)10-16(23)21-6-1-2-7-21/h1-4,9,15H,5-8,10-11H2,(H,20,24). The Morgan fingerprint density at radius 2 is 1.96 bits per heavy atom. The molecule has 2 amide bonds. The van der Waals surface area contributed by atoms with Gasteiger partial charge in [0.25, 0.3) is 0 Å². The Labute approximate surface area is 138 Å². The van der Waals surface area contributed by atoms with Crippen LogP contribution in [0, 0.1) is 11.6 Å². The number of hydrogen-bond donors (Lipinski definition) is 1. The fraction of sp³-hybridized carbons (Fsp3) is 0.412. The zero-order chi connectivity index (χ0) is 17.1. The summed E-state index contributed by atoms with van der Waals surface area (Å²) < 4.78 is 26.4. The molecule has 1 fully saturated rings. The fourth-order valence-corrected chi connectivity index (χ4v) is 3.02. The van der Waals surface area contributed by atoms with Crippen molar-refractivity contribution in [2.24, 2.45) is 0 Å². The summed E-state index contributed by atoms with van der Waals surface area (Å²) in [6, 6.07) is 3.10. The topological polar surface area (TPSA) is 52.7 Å². The van der Waals surface area contributed by atoms with Gasteiger partial charge in [-0.15, -0.1) is 0 Å². The predicted molar refractivity (Wildman–Crippen MR) is 83.9 cm³/mol. The van der Waals surface area contributed by atoms with E-state index >= 15 is 0 Å². The van der Waals surface area contributed by atoms with Crippen LogP contribution in [-0.2, 0) is 16.1 Å². The molecule has 0 saturated carbocycles. The first-order chi connectivity index (χ1) is 11.5. The smallest absolute Gasteiger partial charge is 0.237 e. The number of carbonyl (C=O) groups excluding carboxylic acids is 2. The molecular weight excluding hydrogens is 316 g/mol. The number of halogens is 2. The van der Waals surface area contributed by atoms with Gasteiger partial charge in [-0.2, -0.15) is 0 Å². The van der Waals surface area contributed by atoms with Gasteiger partial charge < -0.3 is 10.2 Å². The molecule has 128 valence electrons. The van der Waals surface area contributed by atoms with Crippen molar-refractivity contribution in [2.45, 2.75) is 19.0 Å². The number of piperazine rings is 1. The number of benzene rings is 1. The van der Waals surface area contributed by atoms with Crippen LogP contribution >= 0.6 is 0 Å². The normalized spacial score (nSPS) is 21.2. The van der Waals surface area contributed by atoms with Gasteiger partial charge in [-0.1, -0.05) is 18.2 Å². The second-order valence-corrected chi connectivity index (χ2v) is 6.00. The third kappa shape index (κ3) is 3.62. The number of amides is 2. The van der Waals surface area contributed by atoms with Gasteiger partial charge in [-0.05, 0) is 17.7 Å². The van der Waals surface area contributed by atoms with E-state index in [-0.39, 0.29) is 18.2 Å². The van der Waals surface area contributed by atoms with E-state index in [0.29, 0.717) is 38.3 Å². The third-order valence-corrected chi connectivity index (χ3v) is 4.35. The summed E-state index contributed by atoms with van der Waals surface area (Å²) in [5, 5.41) is 2.76. The molecule has 1 saturated heterocycles. The largest absolute Gasteiger partial charge is 0.353 e. The lowest BCUT2D eigenvalue weighted by atomic mass is 10.1. The fourth-order valence-electron chi connectivity index (χ4n) is 3.02. The third-order valence-electron chi connectivity index (χ3n) is 4.35. The van der Waals surface area contributed by atoms with Gasteiger partial charge in [0.05, 0.1) is 12.5 Å². The molecule has 0 aromatic heterocycles. The Morgan fingerprint density at radius 1 is 1.21 bits per heavy atom. The van der Waals surface area contributed by atoms with Crippen molar-refractivity contribution in [1.82, 2.24) is 15.1 Å². The molecule has 1 unspecified atom stereocenters. The molecule has 0 aliphatic carbocycles. The number of nitrogens with one attached hydrogen (secondary N) is 1. The molecule has 1 aromatic rings. The summed E-state index contributed by atoms with van der Waals surface area (Å²) in [6.45, 7) is 2.45. The molecule has 1 atom stereocenters. The van der Waals surface area contributed by atoms with Gasteiger partial charge in [0, 0.05) is 32.7 Å². The summed E-state index contributed by atoms with van der Waals surface area (Å²) in [4.78, 5) is 28.0. The SMILES string of the molecule is O=C1NCCN(Cc2ccc(F)c(F)c2)C1CC(=O)N1CC=CC1. The lowest BCUT2D eigenvalue weighted by molar-refractivity contribution is -0.138. The van der Waals surface area contributed by atoms with Crippen LogP contribution in [0.25, 0.3) is 0 Å². The van der Waals surface area contributed by atoms with Crippen molar-refractivity contribution < 1.29 is 18.4 Å².